The van der Waals surface area contributed by atoms with Crippen LogP contribution < -0.4 is 0 Å². The highest BCUT2D eigenvalue weighted by molar-refractivity contribution is 8.14. The van der Waals surface area contributed by atoms with Gasteiger partial charge in [-0.1, -0.05) is 0 Å². The molecule has 1 heterocycles. The summed E-state index contributed by atoms with van der Waals surface area (Å²) in [6.07, 6.45) is 0. The number of hydrogen-bond acceptors (Lipinski definition) is 3. The first-order valence-corrected chi connectivity index (χ1v) is 3.86. The molecule has 0 aromatic carbocycles. The van der Waals surface area contributed by atoms with Gasteiger partial charge in [-0.3, -0.25) is 9.79 Å². The Balaban J connectivity index is 2.57. The van der Waals surface area contributed by atoms with Crippen LogP contribution in [0.1, 0.15) is 13.8 Å². The standard InChI is InChI=1S/C6H9NOS/c1-4(8)6-3-9-5(2)7-6/h6H,3H2,1-2H3. The van der Waals surface area contributed by atoms with Crippen LogP contribution >= 0.6 is 11.8 Å². The molecule has 0 amide bonds. The molecule has 0 aromatic heterocycles. The van der Waals surface area contributed by atoms with Crippen LogP contribution in [0.25, 0.3) is 0 Å². The van der Waals surface area contributed by atoms with Gasteiger partial charge in [0.25, 0.3) is 0 Å². The summed E-state index contributed by atoms with van der Waals surface area (Å²) in [4.78, 5) is 14.8. The Hall–Kier alpha value is -0.310. The molecule has 9 heavy (non-hydrogen) atoms. The topological polar surface area (TPSA) is 29.4 Å². The second kappa shape index (κ2) is 2.52. The predicted octanol–water partition coefficient (Wildman–Crippen LogP) is 1.11. The van der Waals surface area contributed by atoms with Crippen LogP contribution in [0.2, 0.25) is 0 Å². The fraction of sp³-hybridized carbons (Fsp3) is 0.667. The van der Waals surface area contributed by atoms with Gasteiger partial charge < -0.3 is 0 Å². The lowest BCUT2D eigenvalue weighted by Gasteiger charge is -1.95. The number of carbonyl (C=O) groups excluding carboxylic acids is 1. The molecule has 50 valence electrons. The molecule has 1 unspecified atom stereocenters. The van der Waals surface area contributed by atoms with Gasteiger partial charge in [-0.05, 0) is 13.8 Å². The van der Waals surface area contributed by atoms with E-state index in [4.69, 9.17) is 0 Å². The smallest absolute Gasteiger partial charge is 0.155 e. The first-order valence-electron chi connectivity index (χ1n) is 2.88. The summed E-state index contributed by atoms with van der Waals surface area (Å²) >= 11 is 1.66. The van der Waals surface area contributed by atoms with Crippen molar-refractivity contribution in [3.8, 4) is 0 Å². The van der Waals surface area contributed by atoms with Gasteiger partial charge in [0.05, 0.1) is 5.04 Å². The number of carbonyl (C=O) groups is 1. The third kappa shape index (κ3) is 1.55. The van der Waals surface area contributed by atoms with Crippen molar-refractivity contribution in [3.05, 3.63) is 0 Å². The first-order chi connectivity index (χ1) is 4.20. The van der Waals surface area contributed by atoms with Crippen molar-refractivity contribution in [1.29, 1.82) is 0 Å². The molecule has 0 aromatic rings. The number of nitrogens with zero attached hydrogens (tertiary/aromatic N) is 1. The van der Waals surface area contributed by atoms with Gasteiger partial charge in [0.1, 0.15) is 6.04 Å². The summed E-state index contributed by atoms with van der Waals surface area (Å²) < 4.78 is 0. The van der Waals surface area contributed by atoms with E-state index in [9.17, 15) is 4.79 Å². The van der Waals surface area contributed by atoms with Crippen molar-refractivity contribution < 1.29 is 4.79 Å². The van der Waals surface area contributed by atoms with Crippen LogP contribution in [-0.2, 0) is 4.79 Å². The van der Waals surface area contributed by atoms with Crippen LogP contribution in [0.5, 0.6) is 0 Å². The maximum absolute atomic E-state index is 10.7. The molecule has 0 radical (unpaired) electrons. The van der Waals surface area contributed by atoms with E-state index in [-0.39, 0.29) is 11.8 Å². The van der Waals surface area contributed by atoms with E-state index in [0.29, 0.717) is 0 Å². The molecule has 2 nitrogen and oxygen atoms in total. The Morgan fingerprint density at radius 3 is 2.78 bits per heavy atom. The third-order valence-corrected chi connectivity index (χ3v) is 2.26. The van der Waals surface area contributed by atoms with Crippen LogP contribution in [0.3, 0.4) is 0 Å². The average molecular weight is 143 g/mol. The molecule has 1 rings (SSSR count). The minimum atomic E-state index is -0.0463. The van der Waals surface area contributed by atoms with Crippen molar-refractivity contribution in [2.24, 2.45) is 4.99 Å². The zero-order chi connectivity index (χ0) is 6.85. The molecule has 1 aliphatic rings. The van der Waals surface area contributed by atoms with Gasteiger partial charge in [-0.2, -0.15) is 0 Å². The number of thioether (sulfide) groups is 1. The lowest BCUT2D eigenvalue weighted by molar-refractivity contribution is -0.117. The first kappa shape index (κ1) is 6.81. The Kier molecular flexibility index (Phi) is 1.90. The van der Waals surface area contributed by atoms with Crippen LogP contribution in [0, 0.1) is 0 Å². The molecule has 3 heteroatoms. The summed E-state index contributed by atoms with van der Waals surface area (Å²) in [6, 6.07) is -0.0463. The monoisotopic (exact) mass is 143 g/mol. The van der Waals surface area contributed by atoms with E-state index in [1.54, 1.807) is 18.7 Å². The molecule has 0 N–H and O–H groups in total. The van der Waals surface area contributed by atoms with Crippen molar-refractivity contribution in [1.82, 2.24) is 0 Å². The largest absolute Gasteiger partial charge is 0.298 e. The van der Waals surface area contributed by atoms with Gasteiger partial charge in [0, 0.05) is 5.75 Å². The van der Waals surface area contributed by atoms with E-state index in [2.05, 4.69) is 4.99 Å². The van der Waals surface area contributed by atoms with Crippen molar-refractivity contribution in [3.63, 3.8) is 0 Å². The maximum atomic E-state index is 10.7. The lowest BCUT2D eigenvalue weighted by Crippen LogP contribution is -2.14. The van der Waals surface area contributed by atoms with E-state index < -0.39 is 0 Å². The Morgan fingerprint density at radius 1 is 1.89 bits per heavy atom. The zero-order valence-corrected chi connectivity index (χ0v) is 6.36. The predicted molar refractivity (Wildman–Crippen MR) is 40.0 cm³/mol. The molecule has 0 saturated carbocycles. The van der Waals surface area contributed by atoms with Gasteiger partial charge in [0.15, 0.2) is 5.78 Å². The van der Waals surface area contributed by atoms with Crippen LogP contribution in [0.4, 0.5) is 0 Å². The van der Waals surface area contributed by atoms with Crippen molar-refractivity contribution >= 4 is 22.6 Å². The number of hydrogen-bond donors (Lipinski definition) is 0. The summed E-state index contributed by atoms with van der Waals surface area (Å²) in [5, 5.41) is 1.04. The quantitative estimate of drug-likeness (QED) is 0.550. The van der Waals surface area contributed by atoms with E-state index in [0.717, 1.165) is 10.8 Å². The molecule has 1 atom stereocenters. The fourth-order valence-corrected chi connectivity index (χ4v) is 1.61. The molecular formula is C6H9NOS. The Bertz CT molecular complexity index is 164. The highest BCUT2D eigenvalue weighted by Gasteiger charge is 2.18. The molecule has 0 spiro atoms. The number of Topliss-reactive ketones (excluding diaryl/α,β-unsaturated/α-hetero) is 1. The Morgan fingerprint density at radius 2 is 2.56 bits per heavy atom. The molecular weight excluding hydrogens is 134 g/mol. The SMILES string of the molecule is CC(=O)C1CSC(C)=N1. The third-order valence-electron chi connectivity index (χ3n) is 1.26. The van der Waals surface area contributed by atoms with Gasteiger partial charge in [-0.25, -0.2) is 0 Å². The Labute approximate surface area is 58.7 Å². The average Bonchev–Trinajstić information content (AvgIpc) is 2.14. The van der Waals surface area contributed by atoms with E-state index in [1.165, 1.54) is 0 Å². The van der Waals surface area contributed by atoms with Gasteiger partial charge >= 0.3 is 0 Å². The van der Waals surface area contributed by atoms with E-state index >= 15 is 0 Å². The van der Waals surface area contributed by atoms with E-state index in [1.807, 2.05) is 6.92 Å². The second-order valence-corrected chi connectivity index (χ2v) is 3.30. The summed E-state index contributed by atoms with van der Waals surface area (Å²) in [5.74, 6) is 1.03. The minimum absolute atomic E-state index is 0.0463. The molecule has 0 saturated heterocycles. The van der Waals surface area contributed by atoms with Crippen LogP contribution in [-0.4, -0.2) is 22.6 Å². The molecule has 1 aliphatic heterocycles. The van der Waals surface area contributed by atoms with Gasteiger partial charge in [0.2, 0.25) is 0 Å². The minimum Gasteiger partial charge on any atom is -0.298 e. The number of ketones is 1. The summed E-state index contributed by atoms with van der Waals surface area (Å²) in [7, 11) is 0. The summed E-state index contributed by atoms with van der Waals surface area (Å²) in [6.45, 7) is 3.53. The molecule has 0 fully saturated rings. The molecule has 0 bridgehead atoms. The normalized spacial score (nSPS) is 26.0. The highest BCUT2D eigenvalue weighted by Crippen LogP contribution is 2.17. The van der Waals surface area contributed by atoms with Crippen LogP contribution in [0.15, 0.2) is 4.99 Å². The number of rotatable bonds is 1. The fourth-order valence-electron chi connectivity index (χ4n) is 0.702. The molecule has 0 aliphatic carbocycles. The lowest BCUT2D eigenvalue weighted by atomic mass is 10.2. The maximum Gasteiger partial charge on any atom is 0.155 e. The van der Waals surface area contributed by atoms with Gasteiger partial charge in [-0.15, -0.1) is 11.8 Å². The zero-order valence-electron chi connectivity index (χ0n) is 5.55. The van der Waals surface area contributed by atoms with Crippen molar-refractivity contribution in [2.45, 2.75) is 19.9 Å². The summed E-state index contributed by atoms with van der Waals surface area (Å²) in [5.41, 5.74) is 0. The second-order valence-electron chi connectivity index (χ2n) is 2.09. The highest BCUT2D eigenvalue weighted by atomic mass is 32.2. The van der Waals surface area contributed by atoms with Crippen molar-refractivity contribution in [2.75, 3.05) is 5.75 Å². The number of aliphatic imine (C=N–C) groups is 1.